The van der Waals surface area contributed by atoms with Gasteiger partial charge in [-0.3, -0.25) is 4.79 Å². The predicted molar refractivity (Wildman–Crippen MR) is 97.7 cm³/mol. The topological polar surface area (TPSA) is 73.0 Å². The fourth-order valence-electron chi connectivity index (χ4n) is 3.09. The molecule has 1 atom stereocenters. The molecule has 0 unspecified atom stereocenters. The second kappa shape index (κ2) is 6.48. The van der Waals surface area contributed by atoms with Gasteiger partial charge in [-0.2, -0.15) is 0 Å². The van der Waals surface area contributed by atoms with E-state index in [1.807, 2.05) is 66.2 Å². The van der Waals surface area contributed by atoms with Gasteiger partial charge in [0.2, 0.25) is 0 Å². The number of para-hydroxylation sites is 2. The minimum atomic E-state index is -0.405. The summed E-state index contributed by atoms with van der Waals surface area (Å²) in [5, 5.41) is 3.05. The van der Waals surface area contributed by atoms with Crippen molar-refractivity contribution in [1.82, 2.24) is 19.9 Å². The third-order valence-corrected chi connectivity index (χ3v) is 4.45. The molecular formula is C20H18N4O2. The van der Waals surface area contributed by atoms with Crippen LogP contribution in [-0.2, 0) is 7.05 Å². The number of carbonyl (C=O) groups is 1. The molecule has 6 nitrogen and oxygen atoms in total. The van der Waals surface area contributed by atoms with Gasteiger partial charge in [0.1, 0.15) is 17.6 Å². The van der Waals surface area contributed by atoms with Crippen molar-refractivity contribution in [2.24, 2.45) is 7.05 Å². The summed E-state index contributed by atoms with van der Waals surface area (Å²) < 4.78 is 7.16. The maximum atomic E-state index is 12.7. The van der Waals surface area contributed by atoms with Gasteiger partial charge in [0.05, 0.1) is 11.0 Å². The van der Waals surface area contributed by atoms with E-state index in [0.717, 1.165) is 22.4 Å². The third kappa shape index (κ3) is 2.75. The molecule has 2 aromatic heterocycles. The second-order valence-electron chi connectivity index (χ2n) is 6.09. The van der Waals surface area contributed by atoms with Gasteiger partial charge in [0.25, 0.3) is 5.91 Å². The van der Waals surface area contributed by atoms with Gasteiger partial charge in [-0.05, 0) is 24.6 Å². The highest BCUT2D eigenvalue weighted by molar-refractivity contribution is 5.93. The van der Waals surface area contributed by atoms with E-state index in [9.17, 15) is 4.79 Å². The molecule has 0 fully saturated rings. The Morgan fingerprint density at radius 2 is 1.85 bits per heavy atom. The van der Waals surface area contributed by atoms with Crippen molar-refractivity contribution in [1.29, 1.82) is 0 Å². The molecule has 4 aromatic rings. The van der Waals surface area contributed by atoms with E-state index >= 15 is 0 Å². The van der Waals surface area contributed by atoms with Crippen LogP contribution in [0, 0.1) is 6.92 Å². The fourth-order valence-corrected chi connectivity index (χ4v) is 3.09. The van der Waals surface area contributed by atoms with Crippen molar-refractivity contribution in [2.45, 2.75) is 13.0 Å². The molecule has 4 rings (SSSR count). The van der Waals surface area contributed by atoms with Gasteiger partial charge in [0, 0.05) is 7.05 Å². The average molecular weight is 346 g/mol. The summed E-state index contributed by atoms with van der Waals surface area (Å²) in [5.41, 5.74) is 3.12. The molecule has 2 heterocycles. The van der Waals surface area contributed by atoms with Crippen molar-refractivity contribution >= 4 is 16.9 Å². The molecule has 0 saturated carbocycles. The van der Waals surface area contributed by atoms with Crippen molar-refractivity contribution in [3.8, 4) is 0 Å². The van der Waals surface area contributed by atoms with Crippen molar-refractivity contribution in [3.05, 3.63) is 83.8 Å². The smallest absolute Gasteiger partial charge is 0.274 e. The molecule has 0 radical (unpaired) electrons. The molecule has 1 amide bonds. The Labute approximate surface area is 150 Å². The summed E-state index contributed by atoms with van der Waals surface area (Å²) in [4.78, 5) is 21.5. The summed E-state index contributed by atoms with van der Waals surface area (Å²) in [6.07, 6.45) is 1.27. The normalized spacial score (nSPS) is 12.2. The van der Waals surface area contributed by atoms with Crippen LogP contribution in [0.25, 0.3) is 11.0 Å². The first-order valence-electron chi connectivity index (χ1n) is 8.32. The lowest BCUT2D eigenvalue weighted by Crippen LogP contribution is -2.31. The SMILES string of the molecule is Cc1ocnc1C(=O)N[C@H](c1ccccc1)c1nc2ccccc2n1C. The Bertz CT molecular complexity index is 1070. The molecule has 0 aliphatic carbocycles. The van der Waals surface area contributed by atoms with E-state index in [2.05, 4.69) is 10.3 Å². The first kappa shape index (κ1) is 16.1. The van der Waals surface area contributed by atoms with Crippen LogP contribution in [0.1, 0.15) is 33.7 Å². The molecule has 26 heavy (non-hydrogen) atoms. The third-order valence-electron chi connectivity index (χ3n) is 4.45. The highest BCUT2D eigenvalue weighted by atomic mass is 16.3. The number of fused-ring (bicyclic) bond motifs is 1. The minimum Gasteiger partial charge on any atom is -0.448 e. The van der Waals surface area contributed by atoms with Crippen LogP contribution in [-0.4, -0.2) is 20.4 Å². The lowest BCUT2D eigenvalue weighted by Gasteiger charge is -2.19. The molecule has 0 bridgehead atoms. The fraction of sp³-hybridized carbons (Fsp3) is 0.150. The Hall–Kier alpha value is -3.41. The quantitative estimate of drug-likeness (QED) is 0.615. The van der Waals surface area contributed by atoms with Gasteiger partial charge < -0.3 is 14.3 Å². The summed E-state index contributed by atoms with van der Waals surface area (Å²) in [5.74, 6) is 0.948. The Morgan fingerprint density at radius 1 is 1.12 bits per heavy atom. The molecule has 0 spiro atoms. The second-order valence-corrected chi connectivity index (χ2v) is 6.09. The number of aromatic nitrogens is 3. The van der Waals surface area contributed by atoms with Crippen LogP contribution in [0.2, 0.25) is 0 Å². The van der Waals surface area contributed by atoms with Crippen LogP contribution >= 0.6 is 0 Å². The van der Waals surface area contributed by atoms with Gasteiger partial charge in [-0.1, -0.05) is 42.5 Å². The highest BCUT2D eigenvalue weighted by Gasteiger charge is 2.25. The van der Waals surface area contributed by atoms with Crippen LogP contribution in [0.3, 0.4) is 0 Å². The van der Waals surface area contributed by atoms with E-state index in [-0.39, 0.29) is 11.6 Å². The van der Waals surface area contributed by atoms with E-state index in [4.69, 9.17) is 9.40 Å². The van der Waals surface area contributed by atoms with Gasteiger partial charge in [-0.15, -0.1) is 0 Å². The van der Waals surface area contributed by atoms with Crippen LogP contribution in [0.15, 0.2) is 65.4 Å². The largest absolute Gasteiger partial charge is 0.448 e. The first-order chi connectivity index (χ1) is 12.6. The number of nitrogens with one attached hydrogen (secondary N) is 1. The lowest BCUT2D eigenvalue weighted by molar-refractivity contribution is 0.0935. The van der Waals surface area contributed by atoms with Crippen molar-refractivity contribution < 1.29 is 9.21 Å². The number of oxazole rings is 1. The lowest BCUT2D eigenvalue weighted by atomic mass is 10.1. The molecule has 0 saturated heterocycles. The molecule has 0 aliphatic rings. The number of carbonyl (C=O) groups excluding carboxylic acids is 1. The van der Waals surface area contributed by atoms with Crippen LogP contribution in [0.4, 0.5) is 0 Å². The summed E-state index contributed by atoms with van der Waals surface area (Å²) in [6, 6.07) is 17.3. The Kier molecular flexibility index (Phi) is 4.01. The highest BCUT2D eigenvalue weighted by Crippen LogP contribution is 2.25. The van der Waals surface area contributed by atoms with E-state index < -0.39 is 6.04 Å². The summed E-state index contributed by atoms with van der Waals surface area (Å²) >= 11 is 0. The maximum absolute atomic E-state index is 12.7. The molecule has 0 aliphatic heterocycles. The van der Waals surface area contributed by atoms with Crippen LogP contribution in [0.5, 0.6) is 0 Å². The number of rotatable bonds is 4. The minimum absolute atomic E-state index is 0.282. The van der Waals surface area contributed by atoms with Gasteiger partial charge in [-0.25, -0.2) is 9.97 Å². The molecular weight excluding hydrogens is 328 g/mol. The van der Waals surface area contributed by atoms with E-state index in [0.29, 0.717) is 5.76 Å². The van der Waals surface area contributed by atoms with E-state index in [1.165, 1.54) is 6.39 Å². The molecule has 1 N–H and O–H groups in total. The standard InChI is InChI=1S/C20H18N4O2/c1-13-17(21-12-26-13)20(25)23-18(14-8-4-3-5-9-14)19-22-15-10-6-7-11-16(15)24(19)2/h3-12,18H,1-2H3,(H,23,25)/t18-/m1/s1. The van der Waals surface area contributed by atoms with E-state index in [1.54, 1.807) is 6.92 Å². The Morgan fingerprint density at radius 3 is 2.54 bits per heavy atom. The number of imidazole rings is 1. The van der Waals surface area contributed by atoms with Crippen LogP contribution < -0.4 is 5.32 Å². The maximum Gasteiger partial charge on any atom is 0.274 e. The van der Waals surface area contributed by atoms with Gasteiger partial charge in [0.15, 0.2) is 12.1 Å². The Balaban J connectivity index is 1.79. The number of hydrogen-bond donors (Lipinski definition) is 1. The zero-order valence-corrected chi connectivity index (χ0v) is 14.5. The zero-order chi connectivity index (χ0) is 18.1. The predicted octanol–water partition coefficient (Wildman–Crippen LogP) is 3.39. The number of amides is 1. The van der Waals surface area contributed by atoms with Crippen molar-refractivity contribution in [2.75, 3.05) is 0 Å². The van der Waals surface area contributed by atoms with Crippen molar-refractivity contribution in [3.63, 3.8) is 0 Å². The molecule has 130 valence electrons. The number of benzene rings is 2. The first-order valence-corrected chi connectivity index (χ1v) is 8.32. The van der Waals surface area contributed by atoms with Gasteiger partial charge >= 0.3 is 0 Å². The number of aryl methyl sites for hydroxylation is 2. The summed E-state index contributed by atoms with van der Waals surface area (Å²) in [7, 11) is 1.95. The average Bonchev–Trinajstić information content (AvgIpc) is 3.24. The summed E-state index contributed by atoms with van der Waals surface area (Å²) in [6.45, 7) is 1.72. The monoisotopic (exact) mass is 346 g/mol. The zero-order valence-electron chi connectivity index (χ0n) is 14.5. The molecule has 2 aromatic carbocycles. The molecule has 6 heteroatoms. The number of nitrogens with zero attached hydrogens (tertiary/aromatic N) is 3. The number of hydrogen-bond acceptors (Lipinski definition) is 4.